The second kappa shape index (κ2) is 8.25. The number of anilines is 1. The highest BCUT2D eigenvalue weighted by atomic mass is 32.2. The fraction of sp³-hybridized carbons (Fsp3) is 0.368. The van der Waals surface area contributed by atoms with Crippen LogP contribution in [-0.4, -0.2) is 46.8 Å². The molecule has 1 N–H and O–H groups in total. The summed E-state index contributed by atoms with van der Waals surface area (Å²) in [6, 6.07) is 5.14. The molecule has 0 spiro atoms. The van der Waals surface area contributed by atoms with Gasteiger partial charge in [-0.15, -0.1) is 11.3 Å². The van der Waals surface area contributed by atoms with Gasteiger partial charge in [0, 0.05) is 37.2 Å². The van der Waals surface area contributed by atoms with Gasteiger partial charge in [0.15, 0.2) is 0 Å². The van der Waals surface area contributed by atoms with E-state index in [1.165, 1.54) is 4.31 Å². The third-order valence-corrected chi connectivity index (χ3v) is 8.15. The molecule has 3 aromatic heterocycles. The van der Waals surface area contributed by atoms with E-state index in [4.69, 9.17) is 4.52 Å². The molecule has 30 heavy (non-hydrogen) atoms. The molecule has 0 aromatic carbocycles. The van der Waals surface area contributed by atoms with Crippen molar-refractivity contribution >= 4 is 33.1 Å². The van der Waals surface area contributed by atoms with Gasteiger partial charge in [-0.1, -0.05) is 11.2 Å². The Kier molecular flexibility index (Phi) is 5.67. The summed E-state index contributed by atoms with van der Waals surface area (Å²) >= 11 is 1.11. The van der Waals surface area contributed by atoms with E-state index in [0.717, 1.165) is 16.9 Å². The summed E-state index contributed by atoms with van der Waals surface area (Å²) in [5.41, 5.74) is 1.58. The van der Waals surface area contributed by atoms with E-state index in [1.54, 1.807) is 30.6 Å². The van der Waals surface area contributed by atoms with E-state index in [2.05, 4.69) is 20.4 Å². The average molecular weight is 448 g/mol. The third kappa shape index (κ3) is 4.27. The van der Waals surface area contributed by atoms with Gasteiger partial charge in [0.1, 0.15) is 10.0 Å². The van der Waals surface area contributed by atoms with Crippen LogP contribution in [0.1, 0.15) is 24.3 Å². The molecule has 1 atom stereocenters. The van der Waals surface area contributed by atoms with Crippen LogP contribution in [0.15, 0.2) is 38.5 Å². The maximum atomic E-state index is 13.1. The third-order valence-electron chi connectivity index (χ3n) is 4.87. The number of aryl methyl sites for hydroxylation is 2. The Morgan fingerprint density at radius 1 is 1.33 bits per heavy atom. The van der Waals surface area contributed by atoms with Crippen LogP contribution in [0.5, 0.6) is 0 Å². The van der Waals surface area contributed by atoms with Gasteiger partial charge < -0.3 is 9.84 Å². The summed E-state index contributed by atoms with van der Waals surface area (Å²) in [6.07, 6.45) is 2.91. The summed E-state index contributed by atoms with van der Waals surface area (Å²) < 4.78 is 32.8. The Hall–Kier alpha value is -2.63. The Morgan fingerprint density at radius 3 is 2.87 bits per heavy atom. The van der Waals surface area contributed by atoms with Crippen LogP contribution in [0.25, 0.3) is 11.4 Å². The minimum absolute atomic E-state index is 0.134. The smallest absolute Gasteiger partial charge is 0.252 e. The summed E-state index contributed by atoms with van der Waals surface area (Å²) in [5, 5.41) is 8.30. The first-order valence-corrected chi connectivity index (χ1v) is 11.8. The van der Waals surface area contributed by atoms with Crippen LogP contribution >= 0.6 is 11.3 Å². The molecule has 1 saturated heterocycles. The molecular weight excluding hydrogens is 426 g/mol. The summed E-state index contributed by atoms with van der Waals surface area (Å²) in [5.74, 6) is 0.570. The molecule has 0 bridgehead atoms. The molecule has 4 heterocycles. The van der Waals surface area contributed by atoms with E-state index in [-0.39, 0.29) is 16.7 Å². The van der Waals surface area contributed by atoms with Gasteiger partial charge in [-0.2, -0.15) is 9.29 Å². The van der Waals surface area contributed by atoms with Gasteiger partial charge >= 0.3 is 0 Å². The molecule has 0 aliphatic carbocycles. The predicted molar refractivity (Wildman–Crippen MR) is 111 cm³/mol. The van der Waals surface area contributed by atoms with Crippen molar-refractivity contribution in [3.8, 4) is 11.4 Å². The molecule has 1 amide bonds. The van der Waals surface area contributed by atoms with Gasteiger partial charge in [0.25, 0.3) is 10.0 Å². The number of pyridine rings is 1. The zero-order valence-corrected chi connectivity index (χ0v) is 18.2. The number of carbonyl (C=O) groups is 1. The number of sulfonamides is 1. The summed E-state index contributed by atoms with van der Waals surface area (Å²) in [4.78, 5) is 21.0. The monoisotopic (exact) mass is 447 g/mol. The topological polar surface area (TPSA) is 118 Å². The molecule has 0 saturated carbocycles. The van der Waals surface area contributed by atoms with Gasteiger partial charge in [-0.05, 0) is 37.5 Å². The molecule has 3 aromatic rings. The first-order chi connectivity index (χ1) is 14.3. The number of thiophene rings is 1. The van der Waals surface area contributed by atoms with E-state index in [0.29, 0.717) is 42.5 Å². The highest BCUT2D eigenvalue weighted by Crippen LogP contribution is 2.31. The number of hydrogen-bond acceptors (Lipinski definition) is 8. The number of hydrogen-bond donors (Lipinski definition) is 1. The van der Waals surface area contributed by atoms with E-state index in [9.17, 15) is 13.2 Å². The lowest BCUT2D eigenvalue weighted by Gasteiger charge is -2.30. The zero-order valence-electron chi connectivity index (χ0n) is 16.5. The second-order valence-electron chi connectivity index (χ2n) is 7.20. The van der Waals surface area contributed by atoms with Crippen molar-refractivity contribution in [1.82, 2.24) is 19.4 Å². The number of piperidine rings is 1. The molecule has 0 unspecified atom stereocenters. The lowest BCUT2D eigenvalue weighted by molar-refractivity contribution is -0.120. The number of aromatic nitrogens is 3. The van der Waals surface area contributed by atoms with Crippen molar-refractivity contribution in [3.63, 3.8) is 0 Å². The number of nitrogens with zero attached hydrogens (tertiary/aromatic N) is 4. The van der Waals surface area contributed by atoms with Crippen molar-refractivity contribution < 1.29 is 17.7 Å². The van der Waals surface area contributed by atoms with Crippen LogP contribution in [0.2, 0.25) is 0 Å². The average Bonchev–Trinajstić information content (AvgIpc) is 3.39. The van der Waals surface area contributed by atoms with Gasteiger partial charge in [0.2, 0.25) is 17.6 Å². The standard InChI is InChI=1S/C19H21N5O4S2/c1-12-5-6-16(20-9-12)22-19(25)14-4-3-7-24(10-14)30(26,27)17-8-15(11-29-17)18-21-13(2)28-23-18/h5-6,8-9,11,14H,3-4,7,10H2,1-2H3,(H,20,22,25)/t14-/m1/s1. The van der Waals surface area contributed by atoms with Crippen LogP contribution in [0.4, 0.5) is 5.82 Å². The van der Waals surface area contributed by atoms with Crippen molar-refractivity contribution in [2.24, 2.45) is 5.92 Å². The van der Waals surface area contributed by atoms with E-state index < -0.39 is 15.9 Å². The van der Waals surface area contributed by atoms with Crippen LogP contribution in [0, 0.1) is 19.8 Å². The molecule has 9 nitrogen and oxygen atoms in total. The number of rotatable bonds is 5. The first kappa shape index (κ1) is 20.6. The lowest BCUT2D eigenvalue weighted by Crippen LogP contribution is -2.43. The first-order valence-electron chi connectivity index (χ1n) is 9.46. The summed E-state index contributed by atoms with van der Waals surface area (Å²) in [7, 11) is -3.72. The second-order valence-corrected chi connectivity index (χ2v) is 10.3. The number of nitrogens with one attached hydrogen (secondary N) is 1. The van der Waals surface area contributed by atoms with Crippen molar-refractivity contribution in [2.75, 3.05) is 18.4 Å². The molecule has 11 heteroatoms. The van der Waals surface area contributed by atoms with E-state index >= 15 is 0 Å². The molecule has 1 fully saturated rings. The highest BCUT2D eigenvalue weighted by Gasteiger charge is 2.34. The Morgan fingerprint density at radius 2 is 2.17 bits per heavy atom. The number of carbonyl (C=O) groups excluding carboxylic acids is 1. The SMILES string of the molecule is Cc1ccc(NC(=O)[C@@H]2CCCN(S(=O)(=O)c3cc(-c4noc(C)n4)cs3)C2)nc1. The predicted octanol–water partition coefficient (Wildman–Crippen LogP) is 2.85. The van der Waals surface area contributed by atoms with Crippen molar-refractivity contribution in [2.45, 2.75) is 30.9 Å². The minimum Gasteiger partial charge on any atom is -0.339 e. The molecule has 1 aliphatic rings. The summed E-state index contributed by atoms with van der Waals surface area (Å²) in [6.45, 7) is 4.10. The highest BCUT2D eigenvalue weighted by molar-refractivity contribution is 7.91. The van der Waals surface area contributed by atoms with Gasteiger partial charge in [-0.25, -0.2) is 13.4 Å². The Labute approximate surface area is 178 Å². The molecule has 4 rings (SSSR count). The normalized spacial score (nSPS) is 17.7. The van der Waals surface area contributed by atoms with Crippen molar-refractivity contribution in [3.05, 3.63) is 41.2 Å². The van der Waals surface area contributed by atoms with Crippen LogP contribution in [-0.2, 0) is 14.8 Å². The maximum absolute atomic E-state index is 13.1. The van der Waals surface area contributed by atoms with Crippen LogP contribution in [0.3, 0.4) is 0 Å². The zero-order chi connectivity index (χ0) is 21.3. The van der Waals surface area contributed by atoms with Gasteiger partial charge in [0.05, 0.1) is 5.92 Å². The van der Waals surface area contributed by atoms with Crippen molar-refractivity contribution in [1.29, 1.82) is 0 Å². The number of amides is 1. The lowest BCUT2D eigenvalue weighted by atomic mass is 9.99. The molecular formula is C19H21N5O4S2. The van der Waals surface area contributed by atoms with Crippen LogP contribution < -0.4 is 5.32 Å². The quantitative estimate of drug-likeness (QED) is 0.639. The fourth-order valence-electron chi connectivity index (χ4n) is 3.26. The van der Waals surface area contributed by atoms with E-state index in [1.807, 2.05) is 13.0 Å². The van der Waals surface area contributed by atoms with Gasteiger partial charge in [-0.3, -0.25) is 4.79 Å². The molecule has 158 valence electrons. The molecule has 1 aliphatic heterocycles. The molecule has 0 radical (unpaired) electrons. The minimum atomic E-state index is -3.72. The Balaban J connectivity index is 1.47. The fourth-order valence-corrected chi connectivity index (χ4v) is 6.09. The Bertz CT molecular complexity index is 1150. The maximum Gasteiger partial charge on any atom is 0.252 e. The largest absolute Gasteiger partial charge is 0.339 e.